The van der Waals surface area contributed by atoms with Gasteiger partial charge in [0.1, 0.15) is 5.82 Å². The van der Waals surface area contributed by atoms with E-state index in [1.807, 2.05) is 35.7 Å². The maximum atomic E-state index is 13.9. The Balaban J connectivity index is 2.10. The Morgan fingerprint density at radius 3 is 2.61 bits per heavy atom. The molecule has 3 nitrogen and oxygen atoms in total. The van der Waals surface area contributed by atoms with Crippen LogP contribution in [0.25, 0.3) is 11.3 Å². The van der Waals surface area contributed by atoms with Crippen molar-refractivity contribution in [3.8, 4) is 11.3 Å². The molecule has 1 aromatic heterocycles. The van der Waals surface area contributed by atoms with Crippen LogP contribution < -0.4 is 4.80 Å². The van der Waals surface area contributed by atoms with Crippen LogP contribution in [0.4, 0.5) is 4.39 Å². The lowest BCUT2D eigenvalue weighted by atomic mass is 10.2. The average molecular weight is 346 g/mol. The van der Waals surface area contributed by atoms with Gasteiger partial charge in [0.15, 0.2) is 0 Å². The summed E-state index contributed by atoms with van der Waals surface area (Å²) in [5, 5.41) is 6.68. The molecular formula is C17H13ClFN3S. The molecule has 0 radical (unpaired) electrons. The van der Waals surface area contributed by atoms with Gasteiger partial charge in [0.05, 0.1) is 16.9 Å². The predicted octanol–water partition coefficient (Wildman–Crippen LogP) is 4.42. The fourth-order valence-electron chi connectivity index (χ4n) is 2.12. The van der Waals surface area contributed by atoms with Crippen LogP contribution in [0.2, 0.25) is 5.02 Å². The van der Waals surface area contributed by atoms with Crippen molar-refractivity contribution in [2.75, 3.05) is 7.05 Å². The highest BCUT2D eigenvalue weighted by atomic mass is 35.5. The van der Waals surface area contributed by atoms with E-state index in [1.165, 1.54) is 23.6 Å². The molecule has 0 saturated heterocycles. The van der Waals surface area contributed by atoms with Gasteiger partial charge in [-0.3, -0.25) is 4.99 Å². The molecular weight excluding hydrogens is 333 g/mol. The van der Waals surface area contributed by atoms with Gasteiger partial charge in [-0.15, -0.1) is 11.3 Å². The number of thiazole rings is 1. The zero-order valence-electron chi connectivity index (χ0n) is 12.3. The van der Waals surface area contributed by atoms with E-state index in [-0.39, 0.29) is 5.56 Å². The minimum Gasteiger partial charge on any atom is -0.261 e. The summed E-state index contributed by atoms with van der Waals surface area (Å²) in [7, 11) is 1.70. The molecule has 0 atom stereocenters. The first-order chi connectivity index (χ1) is 11.2. The average Bonchev–Trinajstić information content (AvgIpc) is 2.98. The number of nitrogens with zero attached hydrogens (tertiary/aromatic N) is 3. The van der Waals surface area contributed by atoms with Crippen molar-refractivity contribution in [2.24, 2.45) is 10.1 Å². The van der Waals surface area contributed by atoms with Crippen molar-refractivity contribution in [2.45, 2.75) is 0 Å². The fourth-order valence-corrected chi connectivity index (χ4v) is 3.13. The first kappa shape index (κ1) is 15.6. The van der Waals surface area contributed by atoms with Crippen molar-refractivity contribution in [3.05, 3.63) is 75.1 Å². The van der Waals surface area contributed by atoms with E-state index in [9.17, 15) is 4.39 Å². The van der Waals surface area contributed by atoms with E-state index in [0.29, 0.717) is 9.82 Å². The normalized spacial score (nSPS) is 12.2. The molecule has 3 rings (SSSR count). The van der Waals surface area contributed by atoms with Gasteiger partial charge in [-0.05, 0) is 12.1 Å². The molecule has 0 aliphatic rings. The Bertz CT molecular complexity index is 893. The van der Waals surface area contributed by atoms with Gasteiger partial charge in [-0.25, -0.2) is 9.07 Å². The Kier molecular flexibility index (Phi) is 4.69. The smallest absolute Gasteiger partial charge is 0.205 e. The molecule has 116 valence electrons. The topological polar surface area (TPSA) is 29.6 Å². The molecule has 6 heteroatoms. The lowest BCUT2D eigenvalue weighted by molar-refractivity contribution is 0.625. The predicted molar refractivity (Wildman–Crippen MR) is 93.6 cm³/mol. The number of benzene rings is 2. The number of hydrogen-bond donors (Lipinski definition) is 0. The van der Waals surface area contributed by atoms with Gasteiger partial charge in [0.2, 0.25) is 4.80 Å². The summed E-state index contributed by atoms with van der Waals surface area (Å²) in [6.07, 6.45) is 1.42. The van der Waals surface area contributed by atoms with E-state index < -0.39 is 5.82 Å². The Morgan fingerprint density at radius 1 is 1.13 bits per heavy atom. The van der Waals surface area contributed by atoms with Crippen LogP contribution in [0, 0.1) is 5.82 Å². The van der Waals surface area contributed by atoms with Gasteiger partial charge < -0.3 is 0 Å². The summed E-state index contributed by atoms with van der Waals surface area (Å²) in [6, 6.07) is 14.4. The SMILES string of the molecule is CN=c1scc(-c2ccccc2)n1N=Cc1c(F)cccc1Cl. The first-order valence-electron chi connectivity index (χ1n) is 6.88. The molecule has 0 spiro atoms. The highest BCUT2D eigenvalue weighted by Gasteiger charge is 2.08. The van der Waals surface area contributed by atoms with Crippen molar-refractivity contribution >= 4 is 29.2 Å². The number of rotatable bonds is 3. The van der Waals surface area contributed by atoms with Gasteiger partial charge in [0, 0.05) is 23.6 Å². The molecule has 0 amide bonds. The summed E-state index contributed by atoms with van der Waals surface area (Å²) in [4.78, 5) is 4.93. The monoisotopic (exact) mass is 345 g/mol. The van der Waals surface area contributed by atoms with Crippen molar-refractivity contribution in [1.82, 2.24) is 4.68 Å². The molecule has 0 aliphatic heterocycles. The van der Waals surface area contributed by atoms with Crippen LogP contribution in [0.5, 0.6) is 0 Å². The van der Waals surface area contributed by atoms with Gasteiger partial charge in [0.25, 0.3) is 0 Å². The summed E-state index contributed by atoms with van der Waals surface area (Å²) in [5.74, 6) is -0.409. The lowest BCUT2D eigenvalue weighted by Crippen LogP contribution is -2.11. The lowest BCUT2D eigenvalue weighted by Gasteiger charge is -2.04. The summed E-state index contributed by atoms with van der Waals surface area (Å²) in [5.41, 5.74) is 2.16. The molecule has 0 bridgehead atoms. The van der Waals surface area contributed by atoms with Gasteiger partial charge in [-0.2, -0.15) is 5.10 Å². The van der Waals surface area contributed by atoms with Gasteiger partial charge >= 0.3 is 0 Å². The number of aromatic nitrogens is 1. The Morgan fingerprint density at radius 2 is 1.91 bits per heavy atom. The molecule has 0 unspecified atom stereocenters. The van der Waals surface area contributed by atoms with Crippen molar-refractivity contribution in [1.29, 1.82) is 0 Å². The van der Waals surface area contributed by atoms with E-state index in [0.717, 1.165) is 11.3 Å². The summed E-state index contributed by atoms with van der Waals surface area (Å²) in [6.45, 7) is 0. The minimum atomic E-state index is -0.409. The second-order valence-electron chi connectivity index (χ2n) is 4.68. The zero-order chi connectivity index (χ0) is 16.2. The molecule has 0 aliphatic carbocycles. The molecule has 2 aromatic carbocycles. The third kappa shape index (κ3) is 3.25. The second kappa shape index (κ2) is 6.89. The standard InChI is InChI=1S/C17H13ClFN3S/c1-20-17-22(16(11-23-17)12-6-3-2-4-7-12)21-10-13-14(18)8-5-9-15(13)19/h2-11H,1H3. The number of halogens is 2. The van der Waals surface area contributed by atoms with Crippen molar-refractivity contribution in [3.63, 3.8) is 0 Å². The Labute approximate surface area is 142 Å². The van der Waals surface area contributed by atoms with Crippen LogP contribution in [0.15, 0.2) is 64.0 Å². The quantitative estimate of drug-likeness (QED) is 0.629. The summed E-state index contributed by atoms with van der Waals surface area (Å²) < 4.78 is 15.6. The highest BCUT2D eigenvalue weighted by Crippen LogP contribution is 2.20. The third-order valence-electron chi connectivity index (χ3n) is 3.25. The van der Waals surface area contributed by atoms with Crippen LogP contribution in [0.1, 0.15) is 5.56 Å². The van der Waals surface area contributed by atoms with Crippen LogP contribution in [-0.2, 0) is 0 Å². The molecule has 3 aromatic rings. The third-order valence-corrected chi connectivity index (χ3v) is 4.49. The maximum absolute atomic E-state index is 13.9. The maximum Gasteiger partial charge on any atom is 0.205 e. The fraction of sp³-hybridized carbons (Fsp3) is 0.0588. The zero-order valence-corrected chi connectivity index (χ0v) is 13.9. The molecule has 0 fully saturated rings. The van der Waals surface area contributed by atoms with Crippen LogP contribution in [-0.4, -0.2) is 17.9 Å². The van der Waals surface area contributed by atoms with E-state index in [2.05, 4.69) is 10.1 Å². The molecule has 23 heavy (non-hydrogen) atoms. The van der Waals surface area contributed by atoms with Gasteiger partial charge in [-0.1, -0.05) is 48.0 Å². The van der Waals surface area contributed by atoms with E-state index >= 15 is 0 Å². The van der Waals surface area contributed by atoms with Crippen LogP contribution in [0.3, 0.4) is 0 Å². The second-order valence-corrected chi connectivity index (χ2v) is 5.93. The first-order valence-corrected chi connectivity index (χ1v) is 8.13. The molecule has 0 N–H and O–H groups in total. The van der Waals surface area contributed by atoms with E-state index in [4.69, 9.17) is 11.6 Å². The largest absolute Gasteiger partial charge is 0.261 e. The highest BCUT2D eigenvalue weighted by molar-refractivity contribution is 7.07. The number of hydrogen-bond acceptors (Lipinski definition) is 3. The van der Waals surface area contributed by atoms with Crippen molar-refractivity contribution < 1.29 is 4.39 Å². The van der Waals surface area contributed by atoms with E-state index in [1.54, 1.807) is 23.9 Å². The Hall–Kier alpha value is -2.24. The molecule has 0 saturated carbocycles. The summed E-state index contributed by atoms with van der Waals surface area (Å²) >= 11 is 7.51. The molecule has 1 heterocycles. The van der Waals surface area contributed by atoms with Crippen LogP contribution >= 0.6 is 22.9 Å². The minimum absolute atomic E-state index is 0.258.